The number of hydrogen-bond donors (Lipinski definition) is 1. The predicted octanol–water partition coefficient (Wildman–Crippen LogP) is 4.86. The maximum Gasteiger partial charge on any atom is 0.417 e. The van der Waals surface area contributed by atoms with Gasteiger partial charge < -0.3 is 5.32 Å². The number of alkyl halides is 3. The van der Waals surface area contributed by atoms with Gasteiger partial charge in [0.1, 0.15) is 10.9 Å². The number of halogens is 4. The quantitative estimate of drug-likeness (QED) is 0.500. The number of aromatic nitrogens is 4. The van der Waals surface area contributed by atoms with E-state index in [4.69, 9.17) is 11.6 Å². The molecule has 0 radical (unpaired) electrons. The number of benzene rings is 1. The van der Waals surface area contributed by atoms with Crippen molar-refractivity contribution in [1.29, 1.82) is 0 Å². The average molecular weight is 470 g/mol. The minimum Gasteiger partial charge on any atom is -0.356 e. The van der Waals surface area contributed by atoms with Crippen LogP contribution in [0.15, 0.2) is 46.7 Å². The van der Waals surface area contributed by atoms with Gasteiger partial charge in [0.25, 0.3) is 0 Å². The number of nitrogens with one attached hydrogen (secondary N) is 1. The van der Waals surface area contributed by atoms with Gasteiger partial charge in [-0.3, -0.25) is 9.36 Å². The molecule has 2 aromatic heterocycles. The Hall–Kier alpha value is -2.59. The number of carbonyl (C=O) groups excluding carboxylic acids is 1. The fourth-order valence-electron chi connectivity index (χ4n) is 2.72. The molecular weight excluding hydrogens is 451 g/mol. The smallest absolute Gasteiger partial charge is 0.356 e. The molecule has 2 heterocycles. The van der Waals surface area contributed by atoms with Crippen molar-refractivity contribution in [2.24, 2.45) is 0 Å². The number of pyridine rings is 1. The van der Waals surface area contributed by atoms with Crippen LogP contribution >= 0.6 is 23.4 Å². The van der Waals surface area contributed by atoms with E-state index in [2.05, 4.69) is 20.5 Å². The number of amides is 1. The highest BCUT2D eigenvalue weighted by Gasteiger charge is 2.30. The first kappa shape index (κ1) is 23.1. The Morgan fingerprint density at radius 2 is 2.00 bits per heavy atom. The van der Waals surface area contributed by atoms with Gasteiger partial charge in [0.15, 0.2) is 0 Å². The molecule has 0 saturated heterocycles. The Labute approximate surface area is 186 Å². The fraction of sp³-hybridized carbons (Fsp3) is 0.300. The molecule has 0 fully saturated rings. The van der Waals surface area contributed by atoms with Crippen LogP contribution in [0.5, 0.6) is 0 Å². The third-order valence-electron chi connectivity index (χ3n) is 4.32. The van der Waals surface area contributed by atoms with E-state index in [-0.39, 0.29) is 5.91 Å². The molecule has 1 N–H and O–H groups in total. The summed E-state index contributed by atoms with van der Waals surface area (Å²) in [7, 11) is 0. The molecule has 3 aromatic rings. The number of hydrogen-bond acceptors (Lipinski definition) is 5. The second-order valence-corrected chi connectivity index (χ2v) is 8.13. The van der Waals surface area contributed by atoms with E-state index in [1.54, 1.807) is 10.6 Å². The predicted molar refractivity (Wildman–Crippen MR) is 111 cm³/mol. The van der Waals surface area contributed by atoms with Gasteiger partial charge >= 0.3 is 6.18 Å². The molecule has 3 rings (SSSR count). The van der Waals surface area contributed by atoms with Gasteiger partial charge in [-0.25, -0.2) is 4.98 Å². The van der Waals surface area contributed by atoms with Gasteiger partial charge in [-0.15, -0.1) is 10.2 Å². The molecule has 0 bridgehead atoms. The van der Waals surface area contributed by atoms with E-state index < -0.39 is 11.7 Å². The molecular formula is C20H19ClF3N5OS. The van der Waals surface area contributed by atoms with Crippen LogP contribution in [0.4, 0.5) is 13.2 Å². The summed E-state index contributed by atoms with van der Waals surface area (Å²) in [4.78, 5) is 15.0. The number of nitrogens with zero attached hydrogens (tertiary/aromatic N) is 4. The van der Waals surface area contributed by atoms with Crippen molar-refractivity contribution >= 4 is 29.3 Å². The van der Waals surface area contributed by atoms with Gasteiger partial charge in [-0.05, 0) is 54.9 Å². The molecule has 164 valence electrons. The SMILES string of the molecule is CC(=O)NCCCc1nnc(Sc2ccc(C(F)(F)F)cn2)n1-c1ccc(C)c(Cl)c1. The Bertz CT molecular complexity index is 1070. The van der Waals surface area contributed by atoms with Crippen LogP contribution in [0.1, 0.15) is 30.3 Å². The fourth-order valence-corrected chi connectivity index (χ4v) is 3.71. The van der Waals surface area contributed by atoms with Crippen LogP contribution in [0.2, 0.25) is 5.02 Å². The first-order valence-electron chi connectivity index (χ1n) is 9.31. The molecule has 0 aliphatic carbocycles. The third kappa shape index (κ3) is 5.98. The Balaban J connectivity index is 1.90. The van der Waals surface area contributed by atoms with E-state index in [1.807, 2.05) is 19.1 Å². The summed E-state index contributed by atoms with van der Waals surface area (Å²) in [6.45, 7) is 3.82. The molecule has 6 nitrogen and oxygen atoms in total. The maximum atomic E-state index is 12.8. The Kier molecular flexibility index (Phi) is 7.22. The maximum absolute atomic E-state index is 12.8. The highest BCUT2D eigenvalue weighted by molar-refractivity contribution is 7.99. The largest absolute Gasteiger partial charge is 0.417 e. The molecule has 0 aliphatic rings. The van der Waals surface area contributed by atoms with Gasteiger partial charge in [0.2, 0.25) is 11.1 Å². The minimum absolute atomic E-state index is 0.114. The summed E-state index contributed by atoms with van der Waals surface area (Å²) < 4.78 is 40.2. The highest BCUT2D eigenvalue weighted by atomic mass is 35.5. The standard InChI is InChI=1S/C20H19ClF3N5OS/c1-12-5-7-15(10-16(12)21)29-17(4-3-9-25-13(2)30)27-28-19(29)31-18-8-6-14(11-26-18)20(22,23)24/h5-8,10-11H,3-4,9H2,1-2H3,(H,25,30). The molecule has 11 heteroatoms. The zero-order valence-electron chi connectivity index (χ0n) is 16.7. The summed E-state index contributed by atoms with van der Waals surface area (Å²) in [6, 6.07) is 7.79. The highest BCUT2D eigenvalue weighted by Crippen LogP contribution is 2.32. The Morgan fingerprint density at radius 1 is 1.23 bits per heavy atom. The lowest BCUT2D eigenvalue weighted by atomic mass is 10.2. The van der Waals surface area contributed by atoms with Crippen LogP contribution in [-0.4, -0.2) is 32.2 Å². The van der Waals surface area contributed by atoms with Crippen LogP contribution in [0.25, 0.3) is 5.69 Å². The minimum atomic E-state index is -4.45. The first-order valence-corrected chi connectivity index (χ1v) is 10.5. The monoisotopic (exact) mass is 469 g/mol. The molecule has 1 aromatic carbocycles. The summed E-state index contributed by atoms with van der Waals surface area (Å²) >= 11 is 7.39. The molecule has 0 spiro atoms. The van der Waals surface area contributed by atoms with Crippen LogP contribution in [0, 0.1) is 6.92 Å². The van der Waals surface area contributed by atoms with Gasteiger partial charge in [-0.2, -0.15) is 13.2 Å². The number of aryl methyl sites for hydroxylation is 2. The van der Waals surface area contributed by atoms with Crippen molar-refractivity contribution in [1.82, 2.24) is 25.1 Å². The molecule has 31 heavy (non-hydrogen) atoms. The van der Waals surface area contributed by atoms with E-state index in [1.165, 1.54) is 13.0 Å². The van der Waals surface area contributed by atoms with E-state index in [0.29, 0.717) is 40.4 Å². The van der Waals surface area contributed by atoms with Crippen LogP contribution < -0.4 is 5.32 Å². The molecule has 1 amide bonds. The van der Waals surface area contributed by atoms with Crippen LogP contribution in [-0.2, 0) is 17.4 Å². The number of carbonyl (C=O) groups is 1. The molecule has 0 unspecified atom stereocenters. The molecule has 0 aliphatic heterocycles. The first-order chi connectivity index (χ1) is 14.6. The Morgan fingerprint density at radius 3 is 2.61 bits per heavy atom. The molecule has 0 saturated carbocycles. The number of rotatable bonds is 7. The van der Waals surface area contributed by atoms with E-state index in [0.717, 1.165) is 35.3 Å². The van der Waals surface area contributed by atoms with Crippen molar-refractivity contribution in [3.63, 3.8) is 0 Å². The lowest BCUT2D eigenvalue weighted by molar-refractivity contribution is -0.137. The van der Waals surface area contributed by atoms with Crippen molar-refractivity contribution in [2.45, 2.75) is 43.0 Å². The lowest BCUT2D eigenvalue weighted by Gasteiger charge is -2.12. The van der Waals surface area contributed by atoms with Crippen molar-refractivity contribution in [2.75, 3.05) is 6.54 Å². The topological polar surface area (TPSA) is 72.7 Å². The zero-order valence-corrected chi connectivity index (χ0v) is 18.3. The van der Waals surface area contributed by atoms with Gasteiger partial charge in [-0.1, -0.05) is 17.7 Å². The van der Waals surface area contributed by atoms with Gasteiger partial charge in [0.05, 0.1) is 11.3 Å². The average Bonchev–Trinajstić information content (AvgIpc) is 3.09. The van der Waals surface area contributed by atoms with Crippen molar-refractivity contribution < 1.29 is 18.0 Å². The summed E-state index contributed by atoms with van der Waals surface area (Å²) in [5, 5.41) is 12.5. The zero-order chi connectivity index (χ0) is 22.6. The van der Waals surface area contributed by atoms with Crippen LogP contribution in [0.3, 0.4) is 0 Å². The summed E-state index contributed by atoms with van der Waals surface area (Å²) in [5.41, 5.74) is 0.816. The van der Waals surface area contributed by atoms with Gasteiger partial charge in [0, 0.05) is 31.1 Å². The van der Waals surface area contributed by atoms with Crippen molar-refractivity contribution in [3.8, 4) is 5.69 Å². The lowest BCUT2D eigenvalue weighted by Crippen LogP contribution is -2.21. The second-order valence-electron chi connectivity index (χ2n) is 6.74. The summed E-state index contributed by atoms with van der Waals surface area (Å²) in [6.07, 6.45) is -2.49. The molecule has 0 atom stereocenters. The third-order valence-corrected chi connectivity index (χ3v) is 5.63. The van der Waals surface area contributed by atoms with E-state index in [9.17, 15) is 18.0 Å². The normalized spacial score (nSPS) is 11.5. The van der Waals surface area contributed by atoms with E-state index >= 15 is 0 Å². The van der Waals surface area contributed by atoms with Crippen molar-refractivity contribution in [3.05, 3.63) is 58.5 Å². The summed E-state index contributed by atoms with van der Waals surface area (Å²) in [5.74, 6) is 0.524. The second kappa shape index (κ2) is 9.69.